The number of hydrogen-bond acceptors (Lipinski definition) is 3. The summed E-state index contributed by atoms with van der Waals surface area (Å²) in [6, 6.07) is 20.4. The Labute approximate surface area is 149 Å². The van der Waals surface area contributed by atoms with Gasteiger partial charge in [-0.2, -0.15) is 0 Å². The second-order valence-electron chi connectivity index (χ2n) is 5.56. The van der Waals surface area contributed by atoms with Crippen LogP contribution in [0.2, 0.25) is 0 Å². The van der Waals surface area contributed by atoms with Crippen molar-refractivity contribution in [3.63, 3.8) is 0 Å². The maximum absolute atomic E-state index is 6.04. The van der Waals surface area contributed by atoms with Crippen molar-refractivity contribution in [3.8, 4) is 22.4 Å². The fraction of sp³-hybridized carbons (Fsp3) is 0. The number of imidazole rings is 1. The van der Waals surface area contributed by atoms with Crippen LogP contribution in [0.3, 0.4) is 0 Å². The number of aromatic amines is 1. The van der Waals surface area contributed by atoms with Gasteiger partial charge in [-0.1, -0.05) is 42.5 Å². The van der Waals surface area contributed by atoms with Crippen LogP contribution in [0.4, 0.5) is 5.69 Å². The summed E-state index contributed by atoms with van der Waals surface area (Å²) >= 11 is 1.59. The van der Waals surface area contributed by atoms with Crippen molar-refractivity contribution >= 4 is 22.9 Å². The van der Waals surface area contributed by atoms with Crippen LogP contribution >= 0.6 is 11.3 Å². The zero-order chi connectivity index (χ0) is 17.1. The summed E-state index contributed by atoms with van der Waals surface area (Å²) in [5.41, 5.74) is 11.3. The SMILES string of the molecule is NC(=Nc1ccc(-c2ccc(-c3cnc[nH]3)cc2)cc1)c1cccs1. The van der Waals surface area contributed by atoms with E-state index in [4.69, 9.17) is 5.73 Å². The third kappa shape index (κ3) is 3.36. The van der Waals surface area contributed by atoms with Crippen molar-refractivity contribution in [3.05, 3.63) is 83.4 Å². The zero-order valence-electron chi connectivity index (χ0n) is 13.4. The van der Waals surface area contributed by atoms with Crippen molar-refractivity contribution in [2.45, 2.75) is 0 Å². The molecule has 2 heterocycles. The lowest BCUT2D eigenvalue weighted by atomic mass is 10.0. The van der Waals surface area contributed by atoms with Crippen molar-refractivity contribution in [1.82, 2.24) is 9.97 Å². The highest BCUT2D eigenvalue weighted by Gasteiger charge is 2.03. The first-order valence-electron chi connectivity index (χ1n) is 7.87. The van der Waals surface area contributed by atoms with Crippen LogP contribution in [0.15, 0.2) is 83.6 Å². The highest BCUT2D eigenvalue weighted by atomic mass is 32.1. The van der Waals surface area contributed by atoms with Gasteiger partial charge in [0, 0.05) is 0 Å². The lowest BCUT2D eigenvalue weighted by Gasteiger charge is -2.04. The lowest BCUT2D eigenvalue weighted by Crippen LogP contribution is -2.10. The third-order valence-corrected chi connectivity index (χ3v) is 4.81. The molecule has 0 aliphatic carbocycles. The van der Waals surface area contributed by atoms with Crippen molar-refractivity contribution < 1.29 is 0 Å². The van der Waals surface area contributed by atoms with Gasteiger partial charge in [-0.25, -0.2) is 9.98 Å². The van der Waals surface area contributed by atoms with Crippen LogP contribution in [-0.4, -0.2) is 15.8 Å². The molecule has 0 unspecified atom stereocenters. The van der Waals surface area contributed by atoms with Gasteiger partial charge in [0.2, 0.25) is 0 Å². The monoisotopic (exact) mass is 344 g/mol. The maximum atomic E-state index is 6.04. The van der Waals surface area contributed by atoms with E-state index in [9.17, 15) is 0 Å². The Morgan fingerprint density at radius 1 is 0.920 bits per heavy atom. The molecule has 5 heteroatoms. The highest BCUT2D eigenvalue weighted by molar-refractivity contribution is 7.12. The average Bonchev–Trinajstić information content (AvgIpc) is 3.36. The number of rotatable bonds is 4. The fourth-order valence-corrected chi connectivity index (χ4v) is 3.23. The molecule has 0 radical (unpaired) electrons. The number of thiophene rings is 1. The number of H-pyrrole nitrogens is 1. The van der Waals surface area contributed by atoms with Crippen LogP contribution in [0, 0.1) is 0 Å². The standard InChI is InChI=1S/C20H16N4S/c21-20(19-2-1-11-25-19)24-17-9-7-15(8-10-17)14-3-5-16(6-4-14)18-12-22-13-23-18/h1-13H,(H2,21,24)(H,22,23). The number of nitrogens with two attached hydrogens (primary N) is 1. The minimum absolute atomic E-state index is 0.548. The second kappa shape index (κ2) is 6.75. The number of aromatic nitrogens is 2. The predicted molar refractivity (Wildman–Crippen MR) is 104 cm³/mol. The van der Waals surface area contributed by atoms with E-state index < -0.39 is 0 Å². The molecule has 0 fully saturated rings. The molecule has 25 heavy (non-hydrogen) atoms. The Morgan fingerprint density at radius 3 is 2.20 bits per heavy atom. The summed E-state index contributed by atoms with van der Waals surface area (Å²) in [7, 11) is 0. The van der Waals surface area contributed by atoms with E-state index in [2.05, 4.69) is 51.4 Å². The molecule has 0 amide bonds. The van der Waals surface area contributed by atoms with E-state index in [1.54, 1.807) is 17.7 Å². The van der Waals surface area contributed by atoms with Gasteiger partial charge in [0.25, 0.3) is 0 Å². The fourth-order valence-electron chi connectivity index (χ4n) is 2.60. The number of aliphatic imine (C=N–C) groups is 1. The number of nitrogens with one attached hydrogen (secondary N) is 1. The molecule has 0 aliphatic rings. The Bertz CT molecular complexity index is 967. The average molecular weight is 344 g/mol. The van der Waals surface area contributed by atoms with Gasteiger partial charge in [-0.3, -0.25) is 0 Å². The molecule has 2 aromatic carbocycles. The Balaban J connectivity index is 1.55. The molecule has 0 spiro atoms. The molecule has 4 nitrogen and oxygen atoms in total. The van der Waals surface area contributed by atoms with E-state index in [1.807, 2.05) is 35.8 Å². The minimum Gasteiger partial charge on any atom is -0.383 e. The number of hydrogen-bond donors (Lipinski definition) is 2. The molecule has 4 rings (SSSR count). The van der Waals surface area contributed by atoms with E-state index >= 15 is 0 Å². The van der Waals surface area contributed by atoms with Crippen LogP contribution in [0.25, 0.3) is 22.4 Å². The minimum atomic E-state index is 0.548. The number of amidine groups is 1. The zero-order valence-corrected chi connectivity index (χ0v) is 14.2. The molecule has 122 valence electrons. The van der Waals surface area contributed by atoms with Gasteiger partial charge >= 0.3 is 0 Å². The Hall–Kier alpha value is -3.18. The van der Waals surface area contributed by atoms with Gasteiger partial charge < -0.3 is 10.7 Å². The van der Waals surface area contributed by atoms with Crippen molar-refractivity contribution in [2.24, 2.45) is 10.7 Å². The van der Waals surface area contributed by atoms with Crippen molar-refractivity contribution in [1.29, 1.82) is 0 Å². The van der Waals surface area contributed by atoms with Crippen LogP contribution < -0.4 is 5.73 Å². The highest BCUT2D eigenvalue weighted by Crippen LogP contribution is 2.25. The smallest absolute Gasteiger partial charge is 0.141 e. The predicted octanol–water partition coefficient (Wildman–Crippen LogP) is 4.84. The topological polar surface area (TPSA) is 67.1 Å². The molecule has 4 aromatic rings. The largest absolute Gasteiger partial charge is 0.383 e. The summed E-state index contributed by atoms with van der Waals surface area (Å²) in [5.74, 6) is 0.548. The molecule has 3 N–H and O–H groups in total. The Morgan fingerprint density at radius 2 is 1.60 bits per heavy atom. The summed E-state index contributed by atoms with van der Waals surface area (Å²) in [4.78, 5) is 12.6. The molecule has 2 aromatic heterocycles. The molecule has 0 aliphatic heterocycles. The van der Waals surface area contributed by atoms with Gasteiger partial charge in [0.1, 0.15) is 5.84 Å². The molecule has 0 atom stereocenters. The normalized spacial score (nSPS) is 11.6. The first-order chi connectivity index (χ1) is 12.3. The molecule has 0 bridgehead atoms. The van der Waals surface area contributed by atoms with Gasteiger partial charge in [0.05, 0.1) is 28.8 Å². The molecule has 0 saturated heterocycles. The van der Waals surface area contributed by atoms with Crippen molar-refractivity contribution in [2.75, 3.05) is 0 Å². The first kappa shape index (κ1) is 15.4. The number of nitrogens with zero attached hydrogens (tertiary/aromatic N) is 2. The summed E-state index contributed by atoms with van der Waals surface area (Å²) in [5, 5.41) is 1.99. The van der Waals surface area contributed by atoms with Gasteiger partial charge in [-0.15, -0.1) is 11.3 Å². The second-order valence-corrected chi connectivity index (χ2v) is 6.51. The molecular formula is C20H16N4S. The lowest BCUT2D eigenvalue weighted by molar-refractivity contribution is 1.31. The van der Waals surface area contributed by atoms with E-state index in [0.717, 1.165) is 32.9 Å². The molecule has 0 saturated carbocycles. The van der Waals surface area contributed by atoms with Gasteiger partial charge in [-0.05, 0) is 40.3 Å². The maximum Gasteiger partial charge on any atom is 0.141 e. The summed E-state index contributed by atoms with van der Waals surface area (Å²) in [6.45, 7) is 0. The van der Waals surface area contributed by atoms with Crippen LogP contribution in [0.5, 0.6) is 0 Å². The van der Waals surface area contributed by atoms with E-state index in [0.29, 0.717) is 5.84 Å². The van der Waals surface area contributed by atoms with E-state index in [1.165, 1.54) is 0 Å². The quantitative estimate of drug-likeness (QED) is 0.411. The van der Waals surface area contributed by atoms with Crippen LogP contribution in [0.1, 0.15) is 4.88 Å². The Kier molecular flexibility index (Phi) is 4.14. The molecular weight excluding hydrogens is 328 g/mol. The van der Waals surface area contributed by atoms with Gasteiger partial charge in [0.15, 0.2) is 0 Å². The first-order valence-corrected chi connectivity index (χ1v) is 8.75. The third-order valence-electron chi connectivity index (χ3n) is 3.92. The summed E-state index contributed by atoms with van der Waals surface area (Å²) < 4.78 is 0. The number of benzene rings is 2. The summed E-state index contributed by atoms with van der Waals surface area (Å²) in [6.07, 6.45) is 3.50. The van der Waals surface area contributed by atoms with E-state index in [-0.39, 0.29) is 0 Å². The van der Waals surface area contributed by atoms with Crippen LogP contribution in [-0.2, 0) is 0 Å².